The Morgan fingerprint density at radius 1 is 1.45 bits per heavy atom. The molecule has 2 N–H and O–H groups in total. The molecule has 1 aromatic carbocycles. The Labute approximate surface area is 124 Å². The van der Waals surface area contributed by atoms with E-state index in [0.717, 1.165) is 5.56 Å². The maximum Gasteiger partial charge on any atom is 0.345 e. The monoisotopic (exact) mass is 309 g/mol. The maximum absolute atomic E-state index is 11.8. The van der Waals surface area contributed by atoms with Crippen molar-refractivity contribution < 1.29 is 4.79 Å². The molecule has 7 heteroatoms. The van der Waals surface area contributed by atoms with E-state index >= 15 is 0 Å². The van der Waals surface area contributed by atoms with E-state index < -0.39 is 5.69 Å². The molecule has 20 heavy (non-hydrogen) atoms. The van der Waals surface area contributed by atoms with Gasteiger partial charge in [0, 0.05) is 16.9 Å². The Balaban J connectivity index is 1.92. The first kappa shape index (κ1) is 14.6. The van der Waals surface area contributed by atoms with Gasteiger partial charge in [0.15, 0.2) is 0 Å². The van der Waals surface area contributed by atoms with E-state index in [9.17, 15) is 9.59 Å². The fourth-order valence-corrected chi connectivity index (χ4v) is 2.30. The highest BCUT2D eigenvalue weighted by atomic mass is 35.5. The van der Waals surface area contributed by atoms with Crippen molar-refractivity contribution in [2.75, 3.05) is 11.1 Å². The van der Waals surface area contributed by atoms with Crippen LogP contribution < -0.4 is 11.0 Å². The molecule has 1 aromatic heterocycles. The molecule has 0 radical (unpaired) electrons. The van der Waals surface area contributed by atoms with Gasteiger partial charge < -0.3 is 10.3 Å². The molecule has 0 spiro atoms. The second-order valence-electron chi connectivity index (χ2n) is 4.04. The number of aromatic nitrogens is 2. The fourth-order valence-electron chi connectivity index (χ4n) is 1.45. The first-order valence-corrected chi connectivity index (χ1v) is 7.15. The van der Waals surface area contributed by atoms with Gasteiger partial charge in [-0.15, -0.1) is 0 Å². The number of nitrogens with one attached hydrogen (secondary N) is 2. The van der Waals surface area contributed by atoms with Crippen molar-refractivity contribution in [3.63, 3.8) is 0 Å². The quantitative estimate of drug-likeness (QED) is 0.672. The number of hydrogen-bond acceptors (Lipinski definition) is 4. The SMILES string of the molecule is Cc1ccc(NC(=O)CSc2ccnc(=O)[nH]2)cc1Cl. The van der Waals surface area contributed by atoms with Gasteiger partial charge in [-0.3, -0.25) is 4.79 Å². The van der Waals surface area contributed by atoms with Gasteiger partial charge in [0.25, 0.3) is 0 Å². The summed E-state index contributed by atoms with van der Waals surface area (Å²) in [6, 6.07) is 6.97. The summed E-state index contributed by atoms with van der Waals surface area (Å²) in [5.41, 5.74) is 1.17. The van der Waals surface area contributed by atoms with Gasteiger partial charge in [-0.2, -0.15) is 0 Å². The van der Waals surface area contributed by atoms with Crippen molar-refractivity contribution in [1.29, 1.82) is 0 Å². The number of aromatic amines is 1. The zero-order chi connectivity index (χ0) is 14.5. The number of carbonyl (C=O) groups is 1. The van der Waals surface area contributed by atoms with Crippen LogP contribution in [0.15, 0.2) is 40.3 Å². The van der Waals surface area contributed by atoms with Crippen molar-refractivity contribution in [1.82, 2.24) is 9.97 Å². The summed E-state index contributed by atoms with van der Waals surface area (Å²) in [6.07, 6.45) is 1.40. The second kappa shape index (κ2) is 6.58. The molecule has 104 valence electrons. The second-order valence-corrected chi connectivity index (χ2v) is 5.46. The molecule has 0 aliphatic carbocycles. The summed E-state index contributed by atoms with van der Waals surface area (Å²) in [5, 5.41) is 3.95. The van der Waals surface area contributed by atoms with Gasteiger partial charge in [-0.05, 0) is 30.7 Å². The predicted octanol–water partition coefficient (Wildman–Crippen LogP) is 2.46. The third-order valence-corrected chi connectivity index (χ3v) is 3.83. The minimum absolute atomic E-state index is 0.174. The summed E-state index contributed by atoms with van der Waals surface area (Å²) >= 11 is 7.21. The van der Waals surface area contributed by atoms with Crippen LogP contribution in [0.25, 0.3) is 0 Å². The smallest absolute Gasteiger partial charge is 0.325 e. The van der Waals surface area contributed by atoms with Gasteiger partial charge in [0.2, 0.25) is 5.91 Å². The van der Waals surface area contributed by atoms with Gasteiger partial charge in [0.05, 0.1) is 10.8 Å². The highest BCUT2D eigenvalue weighted by molar-refractivity contribution is 7.99. The summed E-state index contributed by atoms with van der Waals surface area (Å²) in [6.45, 7) is 1.89. The summed E-state index contributed by atoms with van der Waals surface area (Å²) in [4.78, 5) is 28.8. The van der Waals surface area contributed by atoms with Crippen molar-refractivity contribution in [2.24, 2.45) is 0 Å². The molecule has 0 saturated heterocycles. The lowest BCUT2D eigenvalue weighted by atomic mass is 10.2. The number of aryl methyl sites for hydroxylation is 1. The van der Waals surface area contributed by atoms with E-state index in [-0.39, 0.29) is 11.7 Å². The van der Waals surface area contributed by atoms with Crippen molar-refractivity contribution in [2.45, 2.75) is 11.9 Å². The molecule has 0 unspecified atom stereocenters. The largest absolute Gasteiger partial charge is 0.345 e. The number of anilines is 1. The average molecular weight is 310 g/mol. The Kier molecular flexibility index (Phi) is 4.81. The molecule has 1 amide bonds. The first-order chi connectivity index (χ1) is 9.54. The molecule has 0 aliphatic rings. The maximum atomic E-state index is 11.8. The predicted molar refractivity (Wildman–Crippen MR) is 80.4 cm³/mol. The van der Waals surface area contributed by atoms with Crippen LogP contribution in [0.4, 0.5) is 5.69 Å². The lowest BCUT2D eigenvalue weighted by Crippen LogP contribution is -2.15. The molecular formula is C13H12ClN3O2S. The third kappa shape index (κ3) is 4.11. The van der Waals surface area contributed by atoms with Crippen molar-refractivity contribution in [3.05, 3.63) is 51.5 Å². The average Bonchev–Trinajstić information content (AvgIpc) is 2.41. The number of rotatable bonds is 4. The molecule has 0 saturated carbocycles. The topological polar surface area (TPSA) is 74.8 Å². The molecule has 2 rings (SSSR count). The van der Waals surface area contributed by atoms with Crippen LogP contribution >= 0.6 is 23.4 Å². The molecule has 0 bridgehead atoms. The van der Waals surface area contributed by atoms with E-state index in [0.29, 0.717) is 15.7 Å². The number of nitrogens with zero attached hydrogens (tertiary/aromatic N) is 1. The van der Waals surface area contributed by atoms with Crippen molar-refractivity contribution >= 4 is 35.0 Å². The van der Waals surface area contributed by atoms with Gasteiger partial charge >= 0.3 is 5.69 Å². The van der Waals surface area contributed by atoms with Crippen LogP contribution in [0.3, 0.4) is 0 Å². The minimum Gasteiger partial charge on any atom is -0.325 e. The molecule has 0 aliphatic heterocycles. The number of thioether (sulfide) groups is 1. The zero-order valence-corrected chi connectivity index (χ0v) is 12.2. The molecule has 5 nitrogen and oxygen atoms in total. The summed E-state index contributed by atoms with van der Waals surface area (Å²) in [5.74, 6) is 0.0124. The Morgan fingerprint density at radius 3 is 2.95 bits per heavy atom. The number of halogens is 1. The Hall–Kier alpha value is -1.79. The van der Waals surface area contributed by atoms with E-state index in [1.807, 2.05) is 13.0 Å². The molecular weight excluding hydrogens is 298 g/mol. The molecule has 1 heterocycles. The van der Waals surface area contributed by atoms with Gasteiger partial charge in [-0.1, -0.05) is 29.4 Å². The minimum atomic E-state index is -0.430. The van der Waals surface area contributed by atoms with E-state index in [1.54, 1.807) is 18.2 Å². The lowest BCUT2D eigenvalue weighted by Gasteiger charge is -2.06. The van der Waals surface area contributed by atoms with Gasteiger partial charge in [-0.25, -0.2) is 9.78 Å². The lowest BCUT2D eigenvalue weighted by molar-refractivity contribution is -0.113. The first-order valence-electron chi connectivity index (χ1n) is 5.79. The Bertz CT molecular complexity index is 687. The number of carbonyl (C=O) groups excluding carboxylic acids is 1. The molecule has 0 fully saturated rings. The van der Waals surface area contributed by atoms with Gasteiger partial charge in [0.1, 0.15) is 0 Å². The van der Waals surface area contributed by atoms with E-state index in [2.05, 4.69) is 15.3 Å². The number of amides is 1. The number of benzene rings is 1. The summed E-state index contributed by atoms with van der Waals surface area (Å²) in [7, 11) is 0. The number of H-pyrrole nitrogens is 1. The van der Waals surface area contributed by atoms with Crippen LogP contribution in [0.1, 0.15) is 5.56 Å². The summed E-state index contributed by atoms with van der Waals surface area (Å²) < 4.78 is 0. The van der Waals surface area contributed by atoms with E-state index in [1.165, 1.54) is 18.0 Å². The van der Waals surface area contributed by atoms with Crippen LogP contribution in [-0.2, 0) is 4.79 Å². The van der Waals surface area contributed by atoms with E-state index in [4.69, 9.17) is 11.6 Å². The van der Waals surface area contributed by atoms with Crippen LogP contribution in [0.5, 0.6) is 0 Å². The molecule has 2 aromatic rings. The van der Waals surface area contributed by atoms with Crippen LogP contribution in [-0.4, -0.2) is 21.6 Å². The third-order valence-electron chi connectivity index (χ3n) is 2.46. The van der Waals surface area contributed by atoms with Crippen LogP contribution in [0, 0.1) is 6.92 Å². The van der Waals surface area contributed by atoms with Crippen LogP contribution in [0.2, 0.25) is 5.02 Å². The highest BCUT2D eigenvalue weighted by Crippen LogP contribution is 2.20. The standard InChI is InChI=1S/C13H12ClN3O2S/c1-8-2-3-9(6-10(8)14)16-11(18)7-20-12-4-5-15-13(19)17-12/h2-6H,7H2,1H3,(H,16,18)(H,15,17,19). The normalized spacial score (nSPS) is 10.3. The fraction of sp³-hybridized carbons (Fsp3) is 0.154. The molecule has 0 atom stereocenters. The highest BCUT2D eigenvalue weighted by Gasteiger charge is 2.05. The number of hydrogen-bond donors (Lipinski definition) is 2. The van der Waals surface area contributed by atoms with Crippen molar-refractivity contribution in [3.8, 4) is 0 Å². The Morgan fingerprint density at radius 2 is 2.25 bits per heavy atom. The zero-order valence-electron chi connectivity index (χ0n) is 10.6.